The third-order valence-electron chi connectivity index (χ3n) is 2.84. The summed E-state index contributed by atoms with van der Waals surface area (Å²) in [6.07, 6.45) is 0.931. The molecule has 0 aliphatic rings. The number of aryl methyl sites for hydroxylation is 1. The number of benzene rings is 1. The fourth-order valence-electron chi connectivity index (χ4n) is 1.82. The summed E-state index contributed by atoms with van der Waals surface area (Å²) in [6.45, 7) is 9.56. The van der Waals surface area contributed by atoms with Crippen LogP contribution in [0.5, 0.6) is 0 Å². The molecule has 0 amide bonds. The topological polar surface area (TPSA) is 37.8 Å². The maximum Gasteiger partial charge on any atom is 0.148 e. The molecule has 0 fully saturated rings. The van der Waals surface area contributed by atoms with Gasteiger partial charge < -0.3 is 5.32 Å². The fraction of sp³-hybridized carbons (Fsp3) is 0.467. The standard InChI is InChI=1S/C15H21N3S/c1-11-7-5-6-8-12(11)14-18-17-13(19-14)9-10-16-15(2,3)4/h5-8,16H,9-10H2,1-4H3. The molecule has 2 aromatic rings. The Kier molecular flexibility index (Phi) is 4.32. The van der Waals surface area contributed by atoms with Crippen LogP contribution in [0.15, 0.2) is 24.3 Å². The Hall–Kier alpha value is -1.26. The van der Waals surface area contributed by atoms with E-state index in [-0.39, 0.29) is 5.54 Å². The molecule has 1 aromatic carbocycles. The quantitative estimate of drug-likeness (QED) is 0.928. The molecule has 0 aliphatic carbocycles. The minimum absolute atomic E-state index is 0.156. The van der Waals surface area contributed by atoms with Gasteiger partial charge in [0.2, 0.25) is 0 Å². The summed E-state index contributed by atoms with van der Waals surface area (Å²) in [5.41, 5.74) is 2.59. The van der Waals surface area contributed by atoms with Gasteiger partial charge in [0.25, 0.3) is 0 Å². The Morgan fingerprint density at radius 2 is 1.89 bits per heavy atom. The second kappa shape index (κ2) is 5.80. The van der Waals surface area contributed by atoms with Crippen molar-refractivity contribution in [2.75, 3.05) is 6.54 Å². The summed E-state index contributed by atoms with van der Waals surface area (Å²) in [5.74, 6) is 0. The average Bonchev–Trinajstić information content (AvgIpc) is 2.76. The summed E-state index contributed by atoms with van der Waals surface area (Å²) >= 11 is 1.69. The molecule has 4 heteroatoms. The van der Waals surface area contributed by atoms with Gasteiger partial charge in [0.05, 0.1) is 0 Å². The lowest BCUT2D eigenvalue weighted by Crippen LogP contribution is -2.37. The van der Waals surface area contributed by atoms with Crippen LogP contribution in [0.3, 0.4) is 0 Å². The second-order valence-electron chi connectivity index (χ2n) is 5.74. The zero-order valence-electron chi connectivity index (χ0n) is 12.0. The summed E-state index contributed by atoms with van der Waals surface area (Å²) in [5, 5.41) is 14.2. The molecule has 1 heterocycles. The predicted octanol–water partition coefficient (Wildman–Crippen LogP) is 3.44. The van der Waals surface area contributed by atoms with E-state index < -0.39 is 0 Å². The van der Waals surface area contributed by atoms with Crippen LogP contribution in [0.2, 0.25) is 0 Å². The van der Waals surface area contributed by atoms with Crippen LogP contribution in [0.1, 0.15) is 31.3 Å². The molecule has 0 saturated heterocycles. The van der Waals surface area contributed by atoms with Crippen molar-refractivity contribution in [3.8, 4) is 10.6 Å². The van der Waals surface area contributed by atoms with Gasteiger partial charge in [-0.3, -0.25) is 0 Å². The minimum atomic E-state index is 0.156. The van der Waals surface area contributed by atoms with E-state index in [0.29, 0.717) is 0 Å². The number of hydrogen-bond donors (Lipinski definition) is 1. The molecule has 102 valence electrons. The van der Waals surface area contributed by atoms with Crippen molar-refractivity contribution >= 4 is 11.3 Å². The van der Waals surface area contributed by atoms with Gasteiger partial charge in [0, 0.05) is 24.1 Å². The molecule has 1 N–H and O–H groups in total. The molecule has 0 atom stereocenters. The van der Waals surface area contributed by atoms with E-state index >= 15 is 0 Å². The molecule has 0 unspecified atom stereocenters. The first-order valence-corrected chi connectivity index (χ1v) is 7.41. The number of aromatic nitrogens is 2. The maximum absolute atomic E-state index is 4.30. The lowest BCUT2D eigenvalue weighted by Gasteiger charge is -2.19. The highest BCUT2D eigenvalue weighted by atomic mass is 32.1. The smallest absolute Gasteiger partial charge is 0.148 e. The molecular formula is C15H21N3S. The van der Waals surface area contributed by atoms with Crippen molar-refractivity contribution in [3.05, 3.63) is 34.8 Å². The Morgan fingerprint density at radius 1 is 1.16 bits per heavy atom. The van der Waals surface area contributed by atoms with Gasteiger partial charge in [-0.1, -0.05) is 35.6 Å². The Bertz CT molecular complexity index is 540. The van der Waals surface area contributed by atoms with Crippen molar-refractivity contribution < 1.29 is 0 Å². The van der Waals surface area contributed by atoms with Crippen LogP contribution in [0, 0.1) is 6.92 Å². The third kappa shape index (κ3) is 4.11. The first-order valence-electron chi connectivity index (χ1n) is 6.59. The van der Waals surface area contributed by atoms with Crippen molar-refractivity contribution in [2.45, 2.75) is 39.7 Å². The monoisotopic (exact) mass is 275 g/mol. The van der Waals surface area contributed by atoms with E-state index in [1.54, 1.807) is 11.3 Å². The highest BCUT2D eigenvalue weighted by Gasteiger charge is 2.11. The van der Waals surface area contributed by atoms with Crippen LogP contribution >= 0.6 is 11.3 Å². The third-order valence-corrected chi connectivity index (χ3v) is 3.85. The Labute approximate surface area is 119 Å². The first-order chi connectivity index (χ1) is 8.96. The highest BCUT2D eigenvalue weighted by molar-refractivity contribution is 7.14. The highest BCUT2D eigenvalue weighted by Crippen LogP contribution is 2.26. The number of nitrogens with zero attached hydrogens (tertiary/aromatic N) is 2. The van der Waals surface area contributed by atoms with Crippen LogP contribution in [0.4, 0.5) is 0 Å². The largest absolute Gasteiger partial charge is 0.312 e. The summed E-state index contributed by atoms with van der Waals surface area (Å²) in [4.78, 5) is 0. The maximum atomic E-state index is 4.30. The summed E-state index contributed by atoms with van der Waals surface area (Å²) in [7, 11) is 0. The number of hydrogen-bond acceptors (Lipinski definition) is 4. The molecule has 0 saturated carbocycles. The van der Waals surface area contributed by atoms with E-state index in [1.165, 1.54) is 11.1 Å². The van der Waals surface area contributed by atoms with Crippen molar-refractivity contribution in [1.82, 2.24) is 15.5 Å². The zero-order valence-corrected chi connectivity index (χ0v) is 12.8. The molecule has 19 heavy (non-hydrogen) atoms. The zero-order chi connectivity index (χ0) is 13.9. The molecule has 0 aliphatic heterocycles. The second-order valence-corrected chi connectivity index (χ2v) is 6.80. The number of nitrogens with one attached hydrogen (secondary N) is 1. The molecule has 0 spiro atoms. The van der Waals surface area contributed by atoms with Gasteiger partial charge in [0.15, 0.2) is 0 Å². The molecule has 1 aromatic heterocycles. The number of rotatable bonds is 4. The van der Waals surface area contributed by atoms with E-state index in [4.69, 9.17) is 0 Å². The Morgan fingerprint density at radius 3 is 2.58 bits per heavy atom. The normalized spacial score (nSPS) is 11.8. The lowest BCUT2D eigenvalue weighted by atomic mass is 10.1. The van der Waals surface area contributed by atoms with E-state index in [1.807, 2.05) is 12.1 Å². The van der Waals surface area contributed by atoms with E-state index in [0.717, 1.165) is 23.0 Å². The van der Waals surface area contributed by atoms with Gasteiger partial charge in [-0.25, -0.2) is 0 Å². The van der Waals surface area contributed by atoms with Gasteiger partial charge >= 0.3 is 0 Å². The first kappa shape index (κ1) is 14.2. The van der Waals surface area contributed by atoms with E-state index in [9.17, 15) is 0 Å². The van der Waals surface area contributed by atoms with Gasteiger partial charge in [-0.05, 0) is 33.3 Å². The molecule has 0 radical (unpaired) electrons. The Balaban J connectivity index is 2.02. The lowest BCUT2D eigenvalue weighted by molar-refractivity contribution is 0.429. The predicted molar refractivity (Wildman–Crippen MR) is 81.5 cm³/mol. The van der Waals surface area contributed by atoms with E-state index in [2.05, 4.69) is 55.3 Å². The average molecular weight is 275 g/mol. The molecule has 2 rings (SSSR count). The van der Waals surface area contributed by atoms with Crippen LogP contribution < -0.4 is 5.32 Å². The summed E-state index contributed by atoms with van der Waals surface area (Å²) < 4.78 is 0. The SMILES string of the molecule is Cc1ccccc1-c1nnc(CCNC(C)(C)C)s1. The van der Waals surface area contributed by atoms with Crippen molar-refractivity contribution in [2.24, 2.45) is 0 Å². The molecular weight excluding hydrogens is 254 g/mol. The fourth-order valence-corrected chi connectivity index (χ4v) is 2.75. The summed E-state index contributed by atoms with van der Waals surface area (Å²) in [6, 6.07) is 8.31. The molecule has 3 nitrogen and oxygen atoms in total. The van der Waals surface area contributed by atoms with Gasteiger partial charge in [0.1, 0.15) is 10.0 Å². The van der Waals surface area contributed by atoms with Gasteiger partial charge in [-0.15, -0.1) is 10.2 Å². The molecule has 0 bridgehead atoms. The van der Waals surface area contributed by atoms with Crippen LogP contribution in [0.25, 0.3) is 10.6 Å². The minimum Gasteiger partial charge on any atom is -0.312 e. The van der Waals surface area contributed by atoms with Crippen molar-refractivity contribution in [3.63, 3.8) is 0 Å². The van der Waals surface area contributed by atoms with Gasteiger partial charge in [-0.2, -0.15) is 0 Å². The van der Waals surface area contributed by atoms with Crippen molar-refractivity contribution in [1.29, 1.82) is 0 Å². The van der Waals surface area contributed by atoms with Crippen LogP contribution in [-0.4, -0.2) is 22.3 Å². The van der Waals surface area contributed by atoms with Crippen LogP contribution in [-0.2, 0) is 6.42 Å².